The van der Waals surface area contributed by atoms with Gasteiger partial charge >= 0.3 is 0 Å². The van der Waals surface area contributed by atoms with E-state index in [0.29, 0.717) is 0 Å². The summed E-state index contributed by atoms with van der Waals surface area (Å²) in [7, 11) is 0. The normalized spacial score (nSPS) is 14.7. The molecule has 6 heterocycles. The summed E-state index contributed by atoms with van der Waals surface area (Å²) in [6.45, 7) is 0.788. The van der Waals surface area contributed by atoms with E-state index in [1.807, 2.05) is 29.8 Å². The van der Waals surface area contributed by atoms with E-state index >= 15 is 0 Å². The van der Waals surface area contributed by atoms with Gasteiger partial charge in [0.25, 0.3) is 0 Å². The molecule has 1 unspecified atom stereocenters. The maximum atomic E-state index is 5.55. The summed E-state index contributed by atoms with van der Waals surface area (Å²) >= 11 is 3.60. The van der Waals surface area contributed by atoms with Crippen LogP contribution in [0.1, 0.15) is 11.7 Å². The van der Waals surface area contributed by atoms with E-state index in [1.54, 1.807) is 11.3 Å². The Morgan fingerprint density at radius 1 is 0.562 bits per heavy atom. The predicted octanol–water partition coefficient (Wildman–Crippen LogP) is 11.7. The molecule has 11 rings (SSSR count). The van der Waals surface area contributed by atoms with Crippen molar-refractivity contribution < 1.29 is 4.74 Å². The van der Waals surface area contributed by atoms with Gasteiger partial charge in [-0.15, -0.1) is 22.7 Å². The molecule has 226 valence electrons. The van der Waals surface area contributed by atoms with E-state index in [2.05, 4.69) is 120 Å². The highest BCUT2D eigenvalue weighted by Gasteiger charge is 2.26. The Morgan fingerprint density at radius 3 is 2.06 bits per heavy atom. The van der Waals surface area contributed by atoms with Gasteiger partial charge in [-0.2, -0.15) is 0 Å². The topological polar surface area (TPSA) is 43.2 Å². The lowest BCUT2D eigenvalue weighted by Gasteiger charge is -2.09. The maximum absolute atomic E-state index is 5.55. The Hall–Kier alpha value is -5.40. The molecule has 4 nitrogen and oxygen atoms in total. The van der Waals surface area contributed by atoms with Crippen LogP contribution in [0.4, 0.5) is 0 Å². The lowest BCUT2D eigenvalue weighted by atomic mass is 10.0. The first-order valence-corrected chi connectivity index (χ1v) is 17.7. The largest absolute Gasteiger partial charge is 0.368 e. The van der Waals surface area contributed by atoms with Gasteiger partial charge in [0.15, 0.2) is 0 Å². The van der Waals surface area contributed by atoms with Crippen LogP contribution in [-0.2, 0) is 4.74 Å². The molecule has 0 saturated carbocycles. The van der Waals surface area contributed by atoms with E-state index in [1.165, 1.54) is 68.8 Å². The summed E-state index contributed by atoms with van der Waals surface area (Å²) in [6.07, 6.45) is 4.06. The molecule has 0 bridgehead atoms. The van der Waals surface area contributed by atoms with Gasteiger partial charge in [0.1, 0.15) is 16.6 Å². The molecule has 48 heavy (non-hydrogen) atoms. The van der Waals surface area contributed by atoms with Gasteiger partial charge in [-0.05, 0) is 95.1 Å². The molecule has 10 aromatic rings. The highest BCUT2D eigenvalue weighted by Crippen LogP contribution is 2.42. The van der Waals surface area contributed by atoms with E-state index < -0.39 is 0 Å². The van der Waals surface area contributed by atoms with Crippen molar-refractivity contribution in [3.05, 3.63) is 139 Å². The standard InChI is InChI=1S/C42H25N3OS2/c1-2-5-24(6-3-1)25-9-13-38-32(18-25)34-21-29(11-15-39(34)47-38)45-36-12-8-26(17-31(36)30-7-4-16-43-41(30)45)27-10-14-40-33(19-27)35-20-28(37-23-46-37)22-44-42(35)48-40/h1-22,37H,23H2. The minimum absolute atomic E-state index is 0.194. The SMILES string of the molecule is c1ccc(-c2ccc3sc4ccc(-n5c6ccc(-c7ccc8sc9ncc(C%10CO%10)cc9c8c7)cc6c6cccnc65)cc4c3c2)cc1. The number of benzene rings is 5. The second-order valence-corrected chi connectivity index (χ2v) is 14.7. The van der Waals surface area contributed by atoms with Crippen LogP contribution >= 0.6 is 22.7 Å². The van der Waals surface area contributed by atoms with Crippen LogP contribution in [-0.4, -0.2) is 21.1 Å². The Labute approximate surface area is 283 Å². The quantitative estimate of drug-likeness (QED) is 0.178. The summed E-state index contributed by atoms with van der Waals surface area (Å²) in [4.78, 5) is 10.8. The van der Waals surface area contributed by atoms with Gasteiger partial charge in [0.2, 0.25) is 0 Å². The summed E-state index contributed by atoms with van der Waals surface area (Å²) in [5, 5.41) is 7.36. The van der Waals surface area contributed by atoms with Crippen molar-refractivity contribution in [3.8, 4) is 27.9 Å². The molecule has 1 aliphatic heterocycles. The molecule has 1 saturated heterocycles. The van der Waals surface area contributed by atoms with Gasteiger partial charge in [-0.3, -0.25) is 4.57 Å². The second-order valence-electron chi connectivity index (χ2n) is 12.6. The molecular weight excluding hydrogens is 627 g/mol. The van der Waals surface area contributed by atoms with Crippen LogP contribution in [0.2, 0.25) is 0 Å². The van der Waals surface area contributed by atoms with Crippen molar-refractivity contribution in [2.75, 3.05) is 6.61 Å². The molecule has 0 N–H and O–H groups in total. The zero-order valence-electron chi connectivity index (χ0n) is 25.6. The fourth-order valence-corrected chi connectivity index (χ4v) is 9.35. The number of nitrogens with zero attached hydrogens (tertiary/aromatic N) is 3. The van der Waals surface area contributed by atoms with Crippen molar-refractivity contribution >= 4 is 85.1 Å². The monoisotopic (exact) mass is 651 g/mol. The summed E-state index contributed by atoms with van der Waals surface area (Å²) in [5.41, 5.74) is 9.26. The Kier molecular flexibility index (Phi) is 5.58. The number of aromatic nitrogens is 3. The van der Waals surface area contributed by atoms with Gasteiger partial charge < -0.3 is 4.74 Å². The Balaban J connectivity index is 1.07. The van der Waals surface area contributed by atoms with Crippen molar-refractivity contribution in [2.24, 2.45) is 0 Å². The van der Waals surface area contributed by atoms with Crippen LogP contribution in [0.5, 0.6) is 0 Å². The van der Waals surface area contributed by atoms with Crippen LogP contribution in [0, 0.1) is 0 Å². The number of thiophene rings is 2. The molecule has 5 aromatic heterocycles. The zero-order valence-corrected chi connectivity index (χ0v) is 27.2. The highest BCUT2D eigenvalue weighted by molar-refractivity contribution is 7.26. The number of pyridine rings is 2. The number of ether oxygens (including phenoxy) is 1. The summed E-state index contributed by atoms with van der Waals surface area (Å²) in [6, 6.07) is 44.4. The third-order valence-corrected chi connectivity index (χ3v) is 12.0. The van der Waals surface area contributed by atoms with Crippen LogP contribution in [0.15, 0.2) is 134 Å². The van der Waals surface area contributed by atoms with Gasteiger partial charge in [-0.25, -0.2) is 9.97 Å². The van der Waals surface area contributed by atoms with E-state index in [4.69, 9.17) is 14.7 Å². The average Bonchev–Trinajstić information content (AvgIpc) is 3.73. The molecule has 1 aliphatic rings. The van der Waals surface area contributed by atoms with E-state index in [9.17, 15) is 0 Å². The average molecular weight is 652 g/mol. The summed E-state index contributed by atoms with van der Waals surface area (Å²) < 4.78 is 11.7. The first kappa shape index (κ1) is 26.6. The fourth-order valence-electron chi connectivity index (χ4n) is 7.27. The zero-order chi connectivity index (χ0) is 31.3. The molecule has 5 aromatic carbocycles. The maximum Gasteiger partial charge on any atom is 0.145 e. The van der Waals surface area contributed by atoms with Crippen LogP contribution in [0.3, 0.4) is 0 Å². The van der Waals surface area contributed by atoms with Gasteiger partial charge in [0, 0.05) is 70.1 Å². The number of hydrogen-bond acceptors (Lipinski definition) is 5. The lowest BCUT2D eigenvalue weighted by Crippen LogP contribution is -1.95. The van der Waals surface area contributed by atoms with E-state index in [-0.39, 0.29) is 6.10 Å². The van der Waals surface area contributed by atoms with E-state index in [0.717, 1.165) is 33.7 Å². The number of fused-ring (bicyclic) bond motifs is 9. The van der Waals surface area contributed by atoms with Crippen molar-refractivity contribution in [3.63, 3.8) is 0 Å². The lowest BCUT2D eigenvalue weighted by molar-refractivity contribution is 0.415. The van der Waals surface area contributed by atoms with Gasteiger partial charge in [-0.1, -0.05) is 48.5 Å². The third-order valence-electron chi connectivity index (χ3n) is 9.73. The highest BCUT2D eigenvalue weighted by atomic mass is 32.1. The summed E-state index contributed by atoms with van der Waals surface area (Å²) in [5.74, 6) is 0. The van der Waals surface area contributed by atoms with Crippen LogP contribution in [0.25, 0.3) is 90.4 Å². The number of rotatable bonds is 4. The third kappa shape index (κ3) is 4.04. The second kappa shape index (κ2) is 10.1. The van der Waals surface area contributed by atoms with Crippen molar-refractivity contribution in [1.82, 2.24) is 14.5 Å². The van der Waals surface area contributed by atoms with Crippen molar-refractivity contribution in [2.45, 2.75) is 6.10 Å². The molecule has 6 heteroatoms. The minimum atomic E-state index is 0.194. The molecule has 1 fully saturated rings. The number of epoxide rings is 1. The number of hydrogen-bond donors (Lipinski definition) is 0. The minimum Gasteiger partial charge on any atom is -0.368 e. The molecule has 0 aliphatic carbocycles. The molecule has 1 atom stereocenters. The van der Waals surface area contributed by atoms with Crippen LogP contribution < -0.4 is 0 Å². The molecular formula is C42H25N3OS2. The predicted molar refractivity (Wildman–Crippen MR) is 202 cm³/mol. The Morgan fingerprint density at radius 2 is 1.25 bits per heavy atom. The van der Waals surface area contributed by atoms with Crippen molar-refractivity contribution in [1.29, 1.82) is 0 Å². The fraction of sp³-hybridized carbons (Fsp3) is 0.0476. The smallest absolute Gasteiger partial charge is 0.145 e. The molecule has 0 radical (unpaired) electrons. The molecule has 0 amide bonds. The Bertz CT molecular complexity index is 2910. The molecule has 0 spiro atoms. The first-order valence-electron chi connectivity index (χ1n) is 16.1. The van der Waals surface area contributed by atoms with Gasteiger partial charge in [0.05, 0.1) is 12.1 Å². The first-order chi connectivity index (χ1) is 23.7.